The smallest absolute Gasteiger partial charge is 0.387 e. The van der Waals surface area contributed by atoms with Crippen LogP contribution in [0.15, 0.2) is 61.2 Å². The number of ether oxygens (including phenoxy) is 2. The number of nitrogens with one attached hydrogen (secondary N) is 1. The highest BCUT2D eigenvalue weighted by Gasteiger charge is 2.11. The molecule has 3 rings (SSSR count). The van der Waals surface area contributed by atoms with Crippen molar-refractivity contribution in [2.24, 2.45) is 0 Å². The molecule has 1 aromatic heterocycles. The summed E-state index contributed by atoms with van der Waals surface area (Å²) in [5.41, 5.74) is 3.32. The molecule has 3 aromatic rings. The zero-order chi connectivity index (χ0) is 19.1. The fraction of sp³-hybridized carbons (Fsp3) is 0.250. The van der Waals surface area contributed by atoms with E-state index in [4.69, 9.17) is 4.74 Å². The van der Waals surface area contributed by atoms with Crippen LogP contribution in [0.1, 0.15) is 16.7 Å². The Hall–Kier alpha value is -2.93. The van der Waals surface area contributed by atoms with Gasteiger partial charge in [-0.1, -0.05) is 30.3 Å². The van der Waals surface area contributed by atoms with Gasteiger partial charge in [0.1, 0.15) is 0 Å². The van der Waals surface area contributed by atoms with E-state index in [1.807, 2.05) is 22.9 Å². The predicted octanol–water partition coefficient (Wildman–Crippen LogP) is 3.83. The molecular weight excluding hydrogens is 352 g/mol. The van der Waals surface area contributed by atoms with Gasteiger partial charge in [0.25, 0.3) is 0 Å². The van der Waals surface area contributed by atoms with Crippen molar-refractivity contribution in [2.45, 2.75) is 26.2 Å². The lowest BCUT2D eigenvalue weighted by atomic mass is 10.1. The summed E-state index contributed by atoms with van der Waals surface area (Å²) in [6.07, 6.45) is 5.48. The van der Waals surface area contributed by atoms with Gasteiger partial charge in [-0.15, -0.1) is 0 Å². The molecule has 0 aliphatic rings. The SMILES string of the molecule is COc1cc(CNCc2ccccc2Cn2ccnc2)ccc1OC(F)F. The summed E-state index contributed by atoms with van der Waals surface area (Å²) in [5.74, 6) is 0.317. The topological polar surface area (TPSA) is 48.3 Å². The third-order valence-electron chi connectivity index (χ3n) is 4.12. The van der Waals surface area contributed by atoms with Crippen molar-refractivity contribution in [3.05, 3.63) is 77.9 Å². The molecule has 1 heterocycles. The van der Waals surface area contributed by atoms with Gasteiger partial charge in [0.15, 0.2) is 11.5 Å². The fourth-order valence-electron chi connectivity index (χ4n) is 2.82. The normalized spacial score (nSPS) is 11.0. The maximum absolute atomic E-state index is 12.4. The molecule has 0 aliphatic heterocycles. The van der Waals surface area contributed by atoms with Crippen LogP contribution < -0.4 is 14.8 Å². The van der Waals surface area contributed by atoms with Gasteiger partial charge < -0.3 is 19.4 Å². The number of aromatic nitrogens is 2. The number of nitrogens with zero attached hydrogens (tertiary/aromatic N) is 2. The highest BCUT2D eigenvalue weighted by Crippen LogP contribution is 2.29. The Labute approximate surface area is 156 Å². The second-order valence-electron chi connectivity index (χ2n) is 5.97. The molecule has 27 heavy (non-hydrogen) atoms. The Morgan fingerprint density at radius 1 is 1.07 bits per heavy atom. The van der Waals surface area contributed by atoms with Crippen LogP contribution in [0.25, 0.3) is 0 Å². The molecule has 142 valence electrons. The van der Waals surface area contributed by atoms with E-state index in [0.29, 0.717) is 13.1 Å². The quantitative estimate of drug-likeness (QED) is 0.619. The summed E-state index contributed by atoms with van der Waals surface area (Å²) < 4.78 is 36.4. The highest BCUT2D eigenvalue weighted by molar-refractivity contribution is 5.43. The van der Waals surface area contributed by atoms with Gasteiger partial charge in [-0.3, -0.25) is 0 Å². The molecule has 0 amide bonds. The summed E-state index contributed by atoms with van der Waals surface area (Å²) in [4.78, 5) is 4.07. The van der Waals surface area contributed by atoms with Gasteiger partial charge in [-0.25, -0.2) is 4.98 Å². The number of methoxy groups -OCH3 is 1. The van der Waals surface area contributed by atoms with E-state index in [1.165, 1.54) is 24.3 Å². The molecule has 0 fully saturated rings. The first-order chi connectivity index (χ1) is 13.2. The van der Waals surface area contributed by atoms with E-state index in [-0.39, 0.29) is 11.5 Å². The standard InChI is InChI=1S/C20H21F2N3O2/c1-26-19-10-15(6-7-18(19)27-20(21)22)11-24-12-16-4-2-3-5-17(16)13-25-9-8-23-14-25/h2-10,14,20,24H,11-13H2,1H3. The average molecular weight is 373 g/mol. The number of imidazole rings is 1. The van der Waals surface area contributed by atoms with Gasteiger partial charge in [-0.2, -0.15) is 8.78 Å². The Kier molecular flexibility index (Phi) is 6.38. The van der Waals surface area contributed by atoms with Crippen LogP contribution in [0.5, 0.6) is 11.5 Å². The summed E-state index contributed by atoms with van der Waals surface area (Å²) in [5, 5.41) is 3.38. The summed E-state index contributed by atoms with van der Waals surface area (Å²) in [7, 11) is 1.43. The minimum Gasteiger partial charge on any atom is -0.493 e. The van der Waals surface area contributed by atoms with Crippen LogP contribution in [0.3, 0.4) is 0 Å². The maximum atomic E-state index is 12.4. The zero-order valence-corrected chi connectivity index (χ0v) is 14.9. The van der Waals surface area contributed by atoms with Gasteiger partial charge in [0.05, 0.1) is 13.4 Å². The van der Waals surface area contributed by atoms with Crippen LogP contribution in [-0.4, -0.2) is 23.3 Å². The molecule has 0 bridgehead atoms. The van der Waals surface area contributed by atoms with Gasteiger partial charge in [-0.05, 0) is 28.8 Å². The lowest BCUT2D eigenvalue weighted by molar-refractivity contribution is -0.0512. The number of hydrogen-bond acceptors (Lipinski definition) is 4. The van der Waals surface area contributed by atoms with Crippen molar-refractivity contribution in [1.82, 2.24) is 14.9 Å². The number of benzene rings is 2. The van der Waals surface area contributed by atoms with Crippen LogP contribution in [-0.2, 0) is 19.6 Å². The number of halogens is 2. The first-order valence-electron chi connectivity index (χ1n) is 8.50. The molecule has 0 radical (unpaired) electrons. The number of hydrogen-bond donors (Lipinski definition) is 1. The van der Waals surface area contributed by atoms with Crippen molar-refractivity contribution in [2.75, 3.05) is 7.11 Å². The molecule has 1 N–H and O–H groups in total. The Balaban J connectivity index is 1.61. The van der Waals surface area contributed by atoms with Crippen LogP contribution >= 0.6 is 0 Å². The minimum absolute atomic E-state index is 0.0296. The molecule has 5 nitrogen and oxygen atoms in total. The zero-order valence-electron chi connectivity index (χ0n) is 14.9. The molecule has 0 atom stereocenters. The molecule has 0 spiro atoms. The molecule has 0 saturated heterocycles. The summed E-state index contributed by atoms with van der Waals surface area (Å²) in [6, 6.07) is 13.1. The average Bonchev–Trinajstić information content (AvgIpc) is 3.17. The molecule has 2 aromatic carbocycles. The Morgan fingerprint density at radius 2 is 1.89 bits per heavy atom. The monoisotopic (exact) mass is 373 g/mol. The largest absolute Gasteiger partial charge is 0.493 e. The molecular formula is C20H21F2N3O2. The third-order valence-corrected chi connectivity index (χ3v) is 4.12. The first-order valence-corrected chi connectivity index (χ1v) is 8.50. The molecule has 0 saturated carbocycles. The van der Waals surface area contributed by atoms with Crippen molar-refractivity contribution in [3.8, 4) is 11.5 Å². The third kappa shape index (κ3) is 5.27. The van der Waals surface area contributed by atoms with Crippen LogP contribution in [0.4, 0.5) is 8.78 Å². The van der Waals surface area contributed by atoms with E-state index in [0.717, 1.165) is 12.1 Å². The first kappa shape index (κ1) is 18.8. The lowest BCUT2D eigenvalue weighted by Gasteiger charge is -2.13. The van der Waals surface area contributed by atoms with E-state index in [1.54, 1.807) is 24.7 Å². The van der Waals surface area contributed by atoms with Crippen molar-refractivity contribution >= 4 is 0 Å². The van der Waals surface area contributed by atoms with Crippen LogP contribution in [0, 0.1) is 0 Å². The van der Waals surface area contributed by atoms with E-state index in [9.17, 15) is 8.78 Å². The maximum Gasteiger partial charge on any atom is 0.387 e. The van der Waals surface area contributed by atoms with E-state index >= 15 is 0 Å². The van der Waals surface area contributed by atoms with E-state index < -0.39 is 6.61 Å². The van der Waals surface area contributed by atoms with Crippen molar-refractivity contribution in [1.29, 1.82) is 0 Å². The highest BCUT2D eigenvalue weighted by atomic mass is 19.3. The van der Waals surface area contributed by atoms with Crippen LogP contribution in [0.2, 0.25) is 0 Å². The minimum atomic E-state index is -2.88. The van der Waals surface area contributed by atoms with Gasteiger partial charge in [0, 0.05) is 32.0 Å². The van der Waals surface area contributed by atoms with E-state index in [2.05, 4.69) is 27.2 Å². The Morgan fingerprint density at radius 3 is 2.59 bits per heavy atom. The molecule has 0 aliphatic carbocycles. The molecule has 0 unspecified atom stereocenters. The fourth-order valence-corrected chi connectivity index (χ4v) is 2.82. The summed E-state index contributed by atoms with van der Waals surface area (Å²) in [6.45, 7) is -0.867. The number of rotatable bonds is 9. The predicted molar refractivity (Wildman–Crippen MR) is 97.9 cm³/mol. The molecule has 7 heteroatoms. The van der Waals surface area contributed by atoms with Crippen molar-refractivity contribution < 1.29 is 18.3 Å². The second kappa shape index (κ2) is 9.14. The Bertz CT molecular complexity index is 854. The lowest BCUT2D eigenvalue weighted by Crippen LogP contribution is -2.15. The number of alkyl halides is 2. The van der Waals surface area contributed by atoms with Gasteiger partial charge in [0.2, 0.25) is 0 Å². The van der Waals surface area contributed by atoms with Gasteiger partial charge >= 0.3 is 6.61 Å². The van der Waals surface area contributed by atoms with Crippen molar-refractivity contribution in [3.63, 3.8) is 0 Å². The second-order valence-corrected chi connectivity index (χ2v) is 5.97. The summed E-state index contributed by atoms with van der Waals surface area (Å²) >= 11 is 0.